The number of likely N-dealkylation sites (tertiary alicyclic amines) is 1. The van der Waals surface area contributed by atoms with Crippen molar-refractivity contribution in [3.8, 4) is 0 Å². The van der Waals surface area contributed by atoms with Crippen molar-refractivity contribution in [3.05, 3.63) is 0 Å². The molecule has 3 atom stereocenters. The summed E-state index contributed by atoms with van der Waals surface area (Å²) in [6.07, 6.45) is 8.14. The Labute approximate surface area is 115 Å². The zero-order valence-corrected chi connectivity index (χ0v) is 13.0. The van der Waals surface area contributed by atoms with Crippen LogP contribution in [0.5, 0.6) is 0 Å². The molecule has 0 aromatic rings. The first-order valence-electron chi connectivity index (χ1n) is 8.16. The van der Waals surface area contributed by atoms with Gasteiger partial charge in [-0.25, -0.2) is 0 Å². The molecule has 0 aliphatic carbocycles. The van der Waals surface area contributed by atoms with Crippen molar-refractivity contribution in [3.63, 3.8) is 0 Å². The summed E-state index contributed by atoms with van der Waals surface area (Å²) in [5.74, 6) is 0.856. The van der Waals surface area contributed by atoms with E-state index in [0.29, 0.717) is 6.04 Å². The Kier molecular flexibility index (Phi) is 7.92. The van der Waals surface area contributed by atoms with E-state index in [1.54, 1.807) is 0 Å². The van der Waals surface area contributed by atoms with Gasteiger partial charge in [-0.2, -0.15) is 0 Å². The van der Waals surface area contributed by atoms with Crippen molar-refractivity contribution in [1.82, 2.24) is 10.2 Å². The zero-order valence-electron chi connectivity index (χ0n) is 13.0. The number of hydrogen-bond donors (Lipinski definition) is 1. The molecule has 0 aromatic carbocycles. The van der Waals surface area contributed by atoms with E-state index in [1.807, 2.05) is 0 Å². The Balaban J connectivity index is 2.45. The van der Waals surface area contributed by atoms with E-state index in [-0.39, 0.29) is 0 Å². The Bertz CT molecular complexity index is 205. The van der Waals surface area contributed by atoms with Gasteiger partial charge in [-0.05, 0) is 51.6 Å². The van der Waals surface area contributed by atoms with E-state index in [0.717, 1.165) is 18.5 Å². The second-order valence-electron chi connectivity index (χ2n) is 6.19. The minimum atomic E-state index is 0.652. The smallest absolute Gasteiger partial charge is 0.0246 e. The number of rotatable bonds is 8. The van der Waals surface area contributed by atoms with Gasteiger partial charge in [0.25, 0.3) is 0 Å². The minimum Gasteiger partial charge on any atom is -0.313 e. The molecule has 0 saturated carbocycles. The van der Waals surface area contributed by atoms with E-state index in [9.17, 15) is 0 Å². The van der Waals surface area contributed by atoms with Crippen LogP contribution in [0, 0.1) is 5.92 Å². The molecule has 0 spiro atoms. The van der Waals surface area contributed by atoms with Gasteiger partial charge in [0.15, 0.2) is 0 Å². The molecule has 3 unspecified atom stereocenters. The van der Waals surface area contributed by atoms with Crippen molar-refractivity contribution in [1.29, 1.82) is 0 Å². The molecule has 1 rings (SSSR count). The maximum atomic E-state index is 3.70. The molecule has 1 aliphatic heterocycles. The lowest BCUT2D eigenvalue weighted by atomic mass is 9.94. The molecule has 1 heterocycles. The predicted molar refractivity (Wildman–Crippen MR) is 81.0 cm³/mol. The van der Waals surface area contributed by atoms with Gasteiger partial charge in [0.2, 0.25) is 0 Å². The highest BCUT2D eigenvalue weighted by molar-refractivity contribution is 4.85. The van der Waals surface area contributed by atoms with E-state index in [1.165, 1.54) is 51.6 Å². The van der Waals surface area contributed by atoms with Crippen LogP contribution >= 0.6 is 0 Å². The summed E-state index contributed by atoms with van der Waals surface area (Å²) < 4.78 is 0. The van der Waals surface area contributed by atoms with Crippen LogP contribution in [0.25, 0.3) is 0 Å². The van der Waals surface area contributed by atoms with Crippen LogP contribution in [0.4, 0.5) is 0 Å². The van der Waals surface area contributed by atoms with Crippen LogP contribution < -0.4 is 5.32 Å². The number of piperidine rings is 1. The molecule has 0 bridgehead atoms. The molecule has 1 saturated heterocycles. The first-order valence-corrected chi connectivity index (χ1v) is 8.16. The molecule has 0 aromatic heterocycles. The van der Waals surface area contributed by atoms with Crippen molar-refractivity contribution >= 4 is 0 Å². The fourth-order valence-electron chi connectivity index (χ4n) is 3.30. The molecular weight excluding hydrogens is 220 g/mol. The van der Waals surface area contributed by atoms with Crippen LogP contribution in [0.15, 0.2) is 0 Å². The fraction of sp³-hybridized carbons (Fsp3) is 1.00. The zero-order chi connectivity index (χ0) is 13.4. The normalized spacial score (nSPS) is 25.0. The monoisotopic (exact) mass is 254 g/mol. The summed E-state index contributed by atoms with van der Waals surface area (Å²) in [6.45, 7) is 13.1. The Hall–Kier alpha value is -0.0800. The van der Waals surface area contributed by atoms with Crippen molar-refractivity contribution in [2.24, 2.45) is 5.92 Å². The van der Waals surface area contributed by atoms with Crippen LogP contribution in [0.1, 0.15) is 66.2 Å². The van der Waals surface area contributed by atoms with Gasteiger partial charge >= 0.3 is 0 Å². The fourth-order valence-corrected chi connectivity index (χ4v) is 3.30. The molecule has 1 N–H and O–H groups in total. The molecule has 1 aliphatic rings. The highest BCUT2D eigenvalue weighted by Crippen LogP contribution is 2.22. The summed E-state index contributed by atoms with van der Waals surface area (Å²) in [5.41, 5.74) is 0. The first kappa shape index (κ1) is 16.0. The SMILES string of the molecule is CCCNC(C)C1CCCCN1CC(C)CCC. The van der Waals surface area contributed by atoms with Gasteiger partial charge in [0, 0.05) is 18.6 Å². The summed E-state index contributed by atoms with van der Waals surface area (Å²) in [5, 5.41) is 3.70. The van der Waals surface area contributed by atoms with Gasteiger partial charge in [0.05, 0.1) is 0 Å². The number of nitrogens with zero attached hydrogens (tertiary/aromatic N) is 1. The molecule has 2 heteroatoms. The Morgan fingerprint density at radius 2 is 1.94 bits per heavy atom. The lowest BCUT2D eigenvalue weighted by Crippen LogP contribution is -2.52. The summed E-state index contributed by atoms with van der Waals surface area (Å²) in [6, 6.07) is 1.42. The van der Waals surface area contributed by atoms with E-state index in [2.05, 4.69) is 37.9 Å². The van der Waals surface area contributed by atoms with Gasteiger partial charge in [-0.15, -0.1) is 0 Å². The van der Waals surface area contributed by atoms with Crippen LogP contribution in [-0.2, 0) is 0 Å². The van der Waals surface area contributed by atoms with E-state index in [4.69, 9.17) is 0 Å². The van der Waals surface area contributed by atoms with Crippen molar-refractivity contribution < 1.29 is 0 Å². The van der Waals surface area contributed by atoms with Crippen molar-refractivity contribution in [2.75, 3.05) is 19.6 Å². The quantitative estimate of drug-likeness (QED) is 0.711. The third-order valence-corrected chi connectivity index (χ3v) is 4.29. The number of nitrogens with one attached hydrogen (secondary N) is 1. The maximum absolute atomic E-state index is 3.70. The highest BCUT2D eigenvalue weighted by Gasteiger charge is 2.27. The lowest BCUT2D eigenvalue weighted by molar-refractivity contribution is 0.101. The van der Waals surface area contributed by atoms with Gasteiger partial charge in [-0.1, -0.05) is 33.6 Å². The molecule has 18 heavy (non-hydrogen) atoms. The topological polar surface area (TPSA) is 15.3 Å². The molecule has 0 amide bonds. The molecule has 0 radical (unpaired) electrons. The minimum absolute atomic E-state index is 0.652. The molecular formula is C16H34N2. The third kappa shape index (κ3) is 5.27. The molecule has 108 valence electrons. The second-order valence-corrected chi connectivity index (χ2v) is 6.19. The number of hydrogen-bond acceptors (Lipinski definition) is 2. The lowest BCUT2D eigenvalue weighted by Gasteiger charge is -2.41. The van der Waals surface area contributed by atoms with E-state index < -0.39 is 0 Å². The Morgan fingerprint density at radius 3 is 2.61 bits per heavy atom. The average molecular weight is 254 g/mol. The highest BCUT2D eigenvalue weighted by atomic mass is 15.2. The van der Waals surface area contributed by atoms with Gasteiger partial charge in [-0.3, -0.25) is 4.90 Å². The standard InChI is InChI=1S/C16H34N2/c1-5-9-14(3)13-18-12-8-7-10-16(18)15(4)17-11-6-2/h14-17H,5-13H2,1-4H3. The third-order valence-electron chi connectivity index (χ3n) is 4.29. The average Bonchev–Trinajstić information content (AvgIpc) is 2.37. The first-order chi connectivity index (χ1) is 8.69. The summed E-state index contributed by atoms with van der Waals surface area (Å²) in [4.78, 5) is 2.76. The van der Waals surface area contributed by atoms with Gasteiger partial charge in [0.1, 0.15) is 0 Å². The van der Waals surface area contributed by atoms with Crippen molar-refractivity contribution in [2.45, 2.75) is 78.3 Å². The Morgan fingerprint density at radius 1 is 1.17 bits per heavy atom. The van der Waals surface area contributed by atoms with Crippen LogP contribution in [0.2, 0.25) is 0 Å². The molecule has 1 fully saturated rings. The second kappa shape index (κ2) is 8.92. The van der Waals surface area contributed by atoms with Crippen LogP contribution in [0.3, 0.4) is 0 Å². The van der Waals surface area contributed by atoms with Gasteiger partial charge < -0.3 is 5.32 Å². The molecule has 2 nitrogen and oxygen atoms in total. The largest absolute Gasteiger partial charge is 0.313 e. The predicted octanol–water partition coefficient (Wildman–Crippen LogP) is 3.67. The summed E-state index contributed by atoms with van der Waals surface area (Å²) in [7, 11) is 0. The maximum Gasteiger partial charge on any atom is 0.0246 e. The van der Waals surface area contributed by atoms with Crippen LogP contribution in [-0.4, -0.2) is 36.6 Å². The summed E-state index contributed by atoms with van der Waals surface area (Å²) >= 11 is 0. The van der Waals surface area contributed by atoms with E-state index >= 15 is 0 Å².